The Morgan fingerprint density at radius 2 is 1.70 bits per heavy atom. The lowest BCUT2D eigenvalue weighted by Gasteiger charge is -2.32. The molecule has 3 rings (SSSR count). The smallest absolute Gasteiger partial charge is 0.403 e. The molecule has 0 N–H and O–H groups in total. The van der Waals surface area contributed by atoms with Crippen molar-refractivity contribution >= 4 is 34.1 Å². The van der Waals surface area contributed by atoms with E-state index in [1.165, 1.54) is 11.3 Å². The van der Waals surface area contributed by atoms with Gasteiger partial charge in [-0.2, -0.15) is 8.78 Å². The topological polar surface area (TPSA) is 18.5 Å². The maximum absolute atomic E-state index is 13.5. The predicted octanol–water partition coefficient (Wildman–Crippen LogP) is 5.60. The summed E-state index contributed by atoms with van der Waals surface area (Å²) < 4.78 is 39.8. The first-order valence-corrected chi connectivity index (χ1v) is 8.40. The van der Waals surface area contributed by atoms with Gasteiger partial charge in [-0.3, -0.25) is 0 Å². The Balaban J connectivity index is 1.88. The van der Waals surface area contributed by atoms with E-state index >= 15 is 0 Å². The molecule has 0 aliphatic carbocycles. The molecule has 23 heavy (non-hydrogen) atoms. The molecular formula is C17H19BF2O2S. The second kappa shape index (κ2) is 5.69. The lowest BCUT2D eigenvalue weighted by molar-refractivity contribution is 0.00578. The van der Waals surface area contributed by atoms with Crippen LogP contribution in [-0.4, -0.2) is 18.3 Å². The van der Waals surface area contributed by atoms with E-state index in [1.807, 2.05) is 52.0 Å². The molecule has 1 aromatic carbocycles. The molecule has 2 heterocycles. The first kappa shape index (κ1) is 16.6. The van der Waals surface area contributed by atoms with E-state index in [9.17, 15) is 8.78 Å². The Kier molecular flexibility index (Phi) is 4.11. The van der Waals surface area contributed by atoms with Crippen molar-refractivity contribution in [3.8, 4) is 0 Å². The highest BCUT2D eigenvalue weighted by molar-refractivity contribution is 7.20. The van der Waals surface area contributed by atoms with E-state index in [4.69, 9.17) is 9.31 Å². The van der Waals surface area contributed by atoms with Crippen molar-refractivity contribution in [2.75, 3.05) is 0 Å². The minimum absolute atomic E-state index is 0.00435. The fourth-order valence-electron chi connectivity index (χ4n) is 2.62. The maximum atomic E-state index is 13.5. The summed E-state index contributed by atoms with van der Waals surface area (Å²) in [5.41, 5.74) is -1.03. The molecule has 2 nitrogen and oxygen atoms in total. The summed E-state index contributed by atoms with van der Waals surface area (Å²) in [6, 6.07) is 9.48. The summed E-state index contributed by atoms with van der Waals surface area (Å²) in [5.74, 6) is 0. The Morgan fingerprint density at radius 3 is 2.26 bits per heavy atom. The predicted molar refractivity (Wildman–Crippen MR) is 91.9 cm³/mol. The number of hydrogen-bond acceptors (Lipinski definition) is 3. The largest absolute Gasteiger partial charge is 0.462 e. The van der Waals surface area contributed by atoms with Crippen molar-refractivity contribution in [1.82, 2.24) is 0 Å². The van der Waals surface area contributed by atoms with Gasteiger partial charge in [0.2, 0.25) is 0 Å². The van der Waals surface area contributed by atoms with Crippen LogP contribution >= 0.6 is 11.3 Å². The quantitative estimate of drug-likeness (QED) is 0.679. The van der Waals surface area contributed by atoms with Gasteiger partial charge in [-0.25, -0.2) is 0 Å². The number of fused-ring (bicyclic) bond motifs is 1. The number of halogens is 2. The van der Waals surface area contributed by atoms with Crippen LogP contribution in [0.3, 0.4) is 0 Å². The average molecular weight is 336 g/mol. The highest BCUT2D eigenvalue weighted by Gasteiger charge is 2.51. The van der Waals surface area contributed by atoms with Gasteiger partial charge >= 0.3 is 7.12 Å². The van der Waals surface area contributed by atoms with Gasteiger partial charge in [0.25, 0.3) is 6.08 Å². The van der Waals surface area contributed by atoms with Crippen LogP contribution < -0.4 is 0 Å². The summed E-state index contributed by atoms with van der Waals surface area (Å²) in [7, 11) is -0.665. The van der Waals surface area contributed by atoms with E-state index in [0.29, 0.717) is 4.88 Å². The highest BCUT2D eigenvalue weighted by Crippen LogP contribution is 2.42. The second-order valence-electron chi connectivity index (χ2n) is 6.78. The average Bonchev–Trinajstić information content (AvgIpc) is 2.94. The molecule has 0 unspecified atom stereocenters. The SMILES string of the molecule is CC1(C)OB(CC(=C(F)F)c2cc3ccccc3s2)OC1(C)C. The molecule has 1 saturated heterocycles. The monoisotopic (exact) mass is 336 g/mol. The Bertz CT molecular complexity index is 714. The second-order valence-corrected chi connectivity index (χ2v) is 7.86. The number of thiophene rings is 1. The Labute approximate surface area is 139 Å². The zero-order valence-corrected chi connectivity index (χ0v) is 14.5. The lowest BCUT2D eigenvalue weighted by atomic mass is 9.80. The van der Waals surface area contributed by atoms with Crippen molar-refractivity contribution in [2.45, 2.75) is 45.2 Å². The van der Waals surface area contributed by atoms with Gasteiger partial charge in [0.1, 0.15) is 0 Å². The number of hydrogen-bond donors (Lipinski definition) is 0. The molecule has 6 heteroatoms. The van der Waals surface area contributed by atoms with E-state index in [1.54, 1.807) is 6.07 Å². The first-order valence-electron chi connectivity index (χ1n) is 7.58. The number of benzene rings is 1. The molecule has 1 aliphatic heterocycles. The molecule has 0 atom stereocenters. The van der Waals surface area contributed by atoms with Crippen LogP contribution in [-0.2, 0) is 9.31 Å². The molecule has 0 radical (unpaired) electrons. The molecule has 1 fully saturated rings. The van der Waals surface area contributed by atoms with Crippen molar-refractivity contribution in [3.05, 3.63) is 41.3 Å². The minimum Gasteiger partial charge on any atom is -0.403 e. The third kappa shape index (κ3) is 3.07. The fraction of sp³-hybridized carbons (Fsp3) is 0.412. The molecule has 1 aliphatic rings. The maximum Gasteiger partial charge on any atom is 0.462 e. The summed E-state index contributed by atoms with van der Waals surface area (Å²) in [4.78, 5) is 0.570. The van der Waals surface area contributed by atoms with E-state index in [-0.39, 0.29) is 11.9 Å². The molecule has 0 amide bonds. The van der Waals surface area contributed by atoms with Gasteiger partial charge in [-0.05, 0) is 45.2 Å². The van der Waals surface area contributed by atoms with Gasteiger partial charge in [-0.15, -0.1) is 11.3 Å². The summed E-state index contributed by atoms with van der Waals surface area (Å²) in [6.07, 6.45) is -1.63. The lowest BCUT2D eigenvalue weighted by Crippen LogP contribution is -2.41. The van der Waals surface area contributed by atoms with Crippen LogP contribution in [0.5, 0.6) is 0 Å². The standard InChI is InChI=1S/C17H19BF2O2S/c1-16(2)17(3,4)22-18(21-16)10-12(15(19)20)14-9-11-7-5-6-8-13(11)23-14/h5-9H,10H2,1-4H3. The molecular weight excluding hydrogens is 317 g/mol. The van der Waals surface area contributed by atoms with Crippen molar-refractivity contribution in [3.63, 3.8) is 0 Å². The van der Waals surface area contributed by atoms with Gasteiger partial charge in [-0.1, -0.05) is 18.2 Å². The summed E-state index contributed by atoms with van der Waals surface area (Å²) in [6.45, 7) is 7.67. The zero-order chi connectivity index (χ0) is 16.8. The van der Waals surface area contributed by atoms with Crippen molar-refractivity contribution in [1.29, 1.82) is 0 Å². The third-order valence-corrected chi connectivity index (χ3v) is 5.80. The van der Waals surface area contributed by atoms with E-state index in [2.05, 4.69) is 0 Å². The van der Waals surface area contributed by atoms with Gasteiger partial charge in [0.05, 0.1) is 11.2 Å². The van der Waals surface area contributed by atoms with E-state index < -0.39 is 24.4 Å². The fourth-order valence-corrected chi connectivity index (χ4v) is 3.71. The van der Waals surface area contributed by atoms with Crippen LogP contribution in [0.25, 0.3) is 15.7 Å². The molecule has 0 spiro atoms. The zero-order valence-electron chi connectivity index (χ0n) is 13.7. The Morgan fingerprint density at radius 1 is 1.09 bits per heavy atom. The van der Waals surface area contributed by atoms with Crippen LogP contribution in [0, 0.1) is 0 Å². The molecule has 0 bridgehead atoms. The van der Waals surface area contributed by atoms with Gasteiger partial charge in [0, 0.05) is 21.5 Å². The van der Waals surface area contributed by atoms with Crippen LogP contribution in [0.4, 0.5) is 8.78 Å². The molecule has 2 aromatic rings. The summed E-state index contributed by atoms with van der Waals surface area (Å²) >= 11 is 1.37. The van der Waals surface area contributed by atoms with Crippen LogP contribution in [0.2, 0.25) is 6.32 Å². The number of allylic oxidation sites excluding steroid dienone is 1. The molecule has 122 valence electrons. The van der Waals surface area contributed by atoms with Gasteiger partial charge in [0.15, 0.2) is 0 Å². The van der Waals surface area contributed by atoms with Crippen LogP contribution in [0.15, 0.2) is 36.4 Å². The Hall–Kier alpha value is -1.24. The van der Waals surface area contributed by atoms with Crippen molar-refractivity contribution < 1.29 is 18.1 Å². The number of rotatable bonds is 3. The third-order valence-electron chi connectivity index (χ3n) is 4.62. The van der Waals surface area contributed by atoms with Gasteiger partial charge < -0.3 is 9.31 Å². The van der Waals surface area contributed by atoms with E-state index in [0.717, 1.165) is 10.1 Å². The molecule has 0 saturated carbocycles. The highest BCUT2D eigenvalue weighted by atomic mass is 32.1. The minimum atomic E-state index is -1.67. The van der Waals surface area contributed by atoms with Crippen molar-refractivity contribution in [2.24, 2.45) is 0 Å². The van der Waals surface area contributed by atoms with Crippen LogP contribution in [0.1, 0.15) is 32.6 Å². The summed E-state index contributed by atoms with van der Waals surface area (Å²) in [5, 5.41) is 0.972. The normalized spacial score (nSPS) is 19.3. The first-order chi connectivity index (χ1) is 10.7. The molecule has 1 aromatic heterocycles.